The predicted molar refractivity (Wildman–Crippen MR) is 57.5 cm³/mol. The summed E-state index contributed by atoms with van der Waals surface area (Å²) in [5.74, 6) is 0. The minimum Gasteiger partial charge on any atom is -0.392 e. The topological polar surface area (TPSA) is 44.0 Å². The average molecular weight is 224 g/mol. The zero-order chi connectivity index (χ0) is 10.1. The van der Waals surface area contributed by atoms with Crippen LogP contribution in [0.1, 0.15) is 11.1 Å². The largest absolute Gasteiger partial charge is 0.392 e. The van der Waals surface area contributed by atoms with E-state index in [2.05, 4.69) is 6.07 Å². The van der Waals surface area contributed by atoms with E-state index >= 15 is 0 Å². The number of benzene rings is 1. The quantitative estimate of drug-likeness (QED) is 0.808. The summed E-state index contributed by atoms with van der Waals surface area (Å²) in [6, 6.07) is 5.62. The highest BCUT2D eigenvalue weighted by molar-refractivity contribution is 7.18. The predicted octanol–water partition coefficient (Wildman–Crippen LogP) is 2.92. The Kier molecular flexibility index (Phi) is 2.42. The summed E-state index contributed by atoms with van der Waals surface area (Å²) < 4.78 is 0.903. The number of thiophene rings is 1. The molecule has 2 rings (SSSR count). The molecule has 2 aromatic rings. The summed E-state index contributed by atoms with van der Waals surface area (Å²) in [6.45, 7) is -0.0592. The van der Waals surface area contributed by atoms with E-state index in [4.69, 9.17) is 22.0 Å². The Labute approximate surface area is 90.0 Å². The van der Waals surface area contributed by atoms with Gasteiger partial charge >= 0.3 is 0 Å². The van der Waals surface area contributed by atoms with Crippen molar-refractivity contribution >= 4 is 33.0 Å². The van der Waals surface area contributed by atoms with Gasteiger partial charge in [-0.15, -0.1) is 11.3 Å². The highest BCUT2D eigenvalue weighted by Gasteiger charge is 2.08. The number of hydrogen-bond acceptors (Lipinski definition) is 3. The lowest BCUT2D eigenvalue weighted by Gasteiger charge is -1.99. The zero-order valence-corrected chi connectivity index (χ0v) is 8.69. The van der Waals surface area contributed by atoms with Crippen LogP contribution in [0, 0.1) is 11.3 Å². The minimum atomic E-state index is -0.0592. The Morgan fingerprint density at radius 2 is 2.29 bits per heavy atom. The molecule has 70 valence electrons. The van der Waals surface area contributed by atoms with Gasteiger partial charge in [-0.25, -0.2) is 0 Å². The molecule has 0 fully saturated rings. The van der Waals surface area contributed by atoms with E-state index in [0.717, 1.165) is 15.6 Å². The van der Waals surface area contributed by atoms with E-state index in [9.17, 15) is 0 Å². The summed E-state index contributed by atoms with van der Waals surface area (Å²) in [5.41, 5.74) is 1.35. The van der Waals surface area contributed by atoms with Gasteiger partial charge in [-0.3, -0.25) is 0 Å². The highest BCUT2D eigenvalue weighted by atomic mass is 35.5. The number of nitrogens with zero attached hydrogens (tertiary/aromatic N) is 1. The van der Waals surface area contributed by atoms with Crippen LogP contribution in [0.15, 0.2) is 17.5 Å². The molecule has 14 heavy (non-hydrogen) atoms. The molecular formula is C10H6ClNOS. The lowest BCUT2D eigenvalue weighted by molar-refractivity contribution is 0.282. The van der Waals surface area contributed by atoms with Crippen LogP contribution >= 0.6 is 22.9 Å². The minimum absolute atomic E-state index is 0.0592. The maximum Gasteiger partial charge on any atom is 0.101 e. The van der Waals surface area contributed by atoms with Crippen LogP contribution in [0.3, 0.4) is 0 Å². The number of rotatable bonds is 1. The summed E-state index contributed by atoms with van der Waals surface area (Å²) in [4.78, 5) is 0. The lowest BCUT2D eigenvalue weighted by atomic mass is 10.1. The van der Waals surface area contributed by atoms with E-state index in [1.54, 1.807) is 17.5 Å². The molecule has 0 unspecified atom stereocenters. The summed E-state index contributed by atoms with van der Waals surface area (Å²) in [7, 11) is 0. The number of nitriles is 1. The second-order valence-electron chi connectivity index (χ2n) is 2.87. The van der Waals surface area contributed by atoms with Gasteiger partial charge in [-0.05, 0) is 17.7 Å². The van der Waals surface area contributed by atoms with Crippen LogP contribution in [0.2, 0.25) is 5.02 Å². The third kappa shape index (κ3) is 1.38. The molecule has 0 aliphatic carbocycles. The summed E-state index contributed by atoms with van der Waals surface area (Å²) in [6.07, 6.45) is 0. The van der Waals surface area contributed by atoms with E-state index in [1.807, 2.05) is 0 Å². The Bertz CT molecular complexity index is 527. The van der Waals surface area contributed by atoms with Crippen molar-refractivity contribution in [2.45, 2.75) is 6.61 Å². The van der Waals surface area contributed by atoms with Crippen molar-refractivity contribution < 1.29 is 5.11 Å². The van der Waals surface area contributed by atoms with Gasteiger partial charge in [0.2, 0.25) is 0 Å². The molecule has 0 radical (unpaired) electrons. The smallest absolute Gasteiger partial charge is 0.101 e. The van der Waals surface area contributed by atoms with Gasteiger partial charge in [0.1, 0.15) is 6.07 Å². The number of fused-ring (bicyclic) bond motifs is 1. The molecule has 0 atom stereocenters. The third-order valence-electron chi connectivity index (χ3n) is 1.99. The Morgan fingerprint density at radius 3 is 2.93 bits per heavy atom. The van der Waals surface area contributed by atoms with Crippen LogP contribution in [0.5, 0.6) is 0 Å². The van der Waals surface area contributed by atoms with Crippen LogP contribution in [-0.2, 0) is 6.61 Å². The van der Waals surface area contributed by atoms with Crippen molar-refractivity contribution in [3.63, 3.8) is 0 Å². The number of halogens is 1. The summed E-state index contributed by atoms with van der Waals surface area (Å²) >= 11 is 7.45. The van der Waals surface area contributed by atoms with Gasteiger partial charge in [0.25, 0.3) is 0 Å². The van der Waals surface area contributed by atoms with Crippen LogP contribution in [-0.4, -0.2) is 5.11 Å². The Morgan fingerprint density at radius 1 is 1.50 bits per heavy atom. The number of hydrogen-bond donors (Lipinski definition) is 1. The third-order valence-corrected chi connectivity index (χ3v) is 3.43. The van der Waals surface area contributed by atoms with Gasteiger partial charge in [0.05, 0.1) is 21.9 Å². The molecule has 0 saturated carbocycles. The van der Waals surface area contributed by atoms with E-state index < -0.39 is 0 Å². The average Bonchev–Trinajstić information content (AvgIpc) is 2.61. The first kappa shape index (κ1) is 9.47. The van der Waals surface area contributed by atoms with Crippen molar-refractivity contribution in [1.29, 1.82) is 5.26 Å². The van der Waals surface area contributed by atoms with Crippen molar-refractivity contribution in [2.75, 3.05) is 0 Å². The van der Waals surface area contributed by atoms with Crippen molar-refractivity contribution in [3.8, 4) is 6.07 Å². The van der Waals surface area contributed by atoms with E-state index in [-0.39, 0.29) is 6.61 Å². The molecule has 0 amide bonds. The molecule has 2 nitrogen and oxygen atoms in total. The van der Waals surface area contributed by atoms with Crippen LogP contribution < -0.4 is 0 Å². The van der Waals surface area contributed by atoms with Crippen LogP contribution in [0.4, 0.5) is 0 Å². The second kappa shape index (κ2) is 3.58. The van der Waals surface area contributed by atoms with Crippen LogP contribution in [0.25, 0.3) is 10.1 Å². The zero-order valence-electron chi connectivity index (χ0n) is 7.12. The molecule has 1 heterocycles. The molecule has 0 bridgehead atoms. The fourth-order valence-electron chi connectivity index (χ4n) is 1.33. The van der Waals surface area contributed by atoms with E-state index in [0.29, 0.717) is 10.6 Å². The van der Waals surface area contributed by atoms with Gasteiger partial charge in [0, 0.05) is 10.8 Å². The Hall–Kier alpha value is -1.08. The number of aliphatic hydroxyl groups is 1. The van der Waals surface area contributed by atoms with E-state index in [1.165, 1.54) is 11.3 Å². The van der Waals surface area contributed by atoms with Gasteiger partial charge in [0.15, 0.2) is 0 Å². The fraction of sp³-hybridized carbons (Fsp3) is 0.100. The van der Waals surface area contributed by atoms with Crippen molar-refractivity contribution in [2.24, 2.45) is 0 Å². The molecule has 0 aliphatic heterocycles. The molecule has 0 spiro atoms. The lowest BCUT2D eigenvalue weighted by Crippen LogP contribution is -1.83. The molecule has 0 aliphatic rings. The van der Waals surface area contributed by atoms with Crippen molar-refractivity contribution in [1.82, 2.24) is 0 Å². The highest BCUT2D eigenvalue weighted by Crippen LogP contribution is 2.33. The molecule has 1 N–H and O–H groups in total. The first-order valence-corrected chi connectivity index (χ1v) is 5.22. The number of aliphatic hydroxyl groups excluding tert-OH is 1. The Balaban J connectivity index is 2.82. The maximum absolute atomic E-state index is 8.98. The molecule has 1 aromatic carbocycles. The standard InChI is InChI=1S/C10H6ClNOS/c11-9-2-6(4-13)1-8-7(3-12)5-14-10(8)9/h1-2,5,13H,4H2. The van der Waals surface area contributed by atoms with Crippen molar-refractivity contribution in [3.05, 3.63) is 33.7 Å². The summed E-state index contributed by atoms with van der Waals surface area (Å²) in [5, 5.41) is 21.0. The molecular weight excluding hydrogens is 218 g/mol. The molecule has 4 heteroatoms. The first-order chi connectivity index (χ1) is 6.76. The fourth-order valence-corrected chi connectivity index (χ4v) is 2.59. The first-order valence-electron chi connectivity index (χ1n) is 3.97. The monoisotopic (exact) mass is 223 g/mol. The maximum atomic E-state index is 8.98. The van der Waals surface area contributed by atoms with Gasteiger partial charge in [-0.1, -0.05) is 11.6 Å². The normalized spacial score (nSPS) is 10.4. The SMILES string of the molecule is N#Cc1csc2c(Cl)cc(CO)cc12. The molecule has 1 aromatic heterocycles. The van der Waals surface area contributed by atoms with Gasteiger partial charge in [-0.2, -0.15) is 5.26 Å². The molecule has 0 saturated heterocycles. The second-order valence-corrected chi connectivity index (χ2v) is 4.16. The van der Waals surface area contributed by atoms with Gasteiger partial charge < -0.3 is 5.11 Å².